The Hall–Kier alpha value is -2.78. The number of hydrazone groups is 1. The van der Waals surface area contributed by atoms with Gasteiger partial charge in [0.15, 0.2) is 11.5 Å². The number of methoxy groups -OCH3 is 1. The van der Waals surface area contributed by atoms with Crippen LogP contribution in [0.5, 0.6) is 5.75 Å². The Morgan fingerprint density at radius 2 is 1.88 bits per heavy atom. The number of anilines is 2. The lowest BCUT2D eigenvalue weighted by Gasteiger charge is -2.17. The summed E-state index contributed by atoms with van der Waals surface area (Å²) in [6.07, 6.45) is -4.75. The maximum absolute atomic E-state index is 13.2. The highest BCUT2D eigenvalue weighted by atomic mass is 19.4. The van der Waals surface area contributed by atoms with Crippen molar-refractivity contribution in [2.45, 2.75) is 26.1 Å². The first-order chi connectivity index (χ1) is 11.1. The normalized spacial score (nSPS) is 17.0. The number of aliphatic imine (C=N–C) groups is 1. The molecule has 0 spiro atoms. The van der Waals surface area contributed by atoms with E-state index in [1.807, 2.05) is 0 Å². The quantitative estimate of drug-likeness (QED) is 0.733. The van der Waals surface area contributed by atoms with Crippen LogP contribution in [0.15, 0.2) is 22.2 Å². The number of rotatable bonds is 3. The van der Waals surface area contributed by atoms with E-state index in [0.29, 0.717) is 0 Å². The van der Waals surface area contributed by atoms with E-state index in [-0.39, 0.29) is 22.8 Å². The van der Waals surface area contributed by atoms with Gasteiger partial charge in [-0.1, -0.05) is 0 Å². The Kier molecular flexibility index (Phi) is 4.41. The molecule has 130 valence electrons. The molecule has 1 aliphatic heterocycles. The SMILES string of the molecule is COc1cc(N=C2C(=N)N(C(C)C)N=C2C(F)(F)F)c(N)cc1N. The van der Waals surface area contributed by atoms with Crippen molar-refractivity contribution in [1.82, 2.24) is 5.01 Å². The van der Waals surface area contributed by atoms with E-state index in [2.05, 4.69) is 10.1 Å². The molecule has 0 fully saturated rings. The lowest BCUT2D eigenvalue weighted by atomic mass is 10.2. The minimum Gasteiger partial charge on any atom is -0.495 e. The van der Waals surface area contributed by atoms with E-state index >= 15 is 0 Å². The fraction of sp³-hybridized carbons (Fsp3) is 0.357. The molecule has 1 aliphatic rings. The van der Waals surface area contributed by atoms with Crippen molar-refractivity contribution in [1.29, 1.82) is 5.41 Å². The van der Waals surface area contributed by atoms with Gasteiger partial charge in [-0.3, -0.25) is 5.41 Å². The van der Waals surface area contributed by atoms with Crippen molar-refractivity contribution in [3.63, 3.8) is 0 Å². The number of alkyl halides is 3. The molecule has 0 radical (unpaired) electrons. The molecule has 0 saturated heterocycles. The number of hydrogen-bond acceptors (Lipinski definition) is 6. The van der Waals surface area contributed by atoms with Crippen LogP contribution in [0, 0.1) is 5.41 Å². The van der Waals surface area contributed by atoms with Gasteiger partial charge in [0.1, 0.15) is 11.5 Å². The van der Waals surface area contributed by atoms with Gasteiger partial charge in [-0.2, -0.15) is 18.3 Å². The van der Waals surface area contributed by atoms with E-state index in [1.165, 1.54) is 19.2 Å². The Morgan fingerprint density at radius 1 is 1.25 bits per heavy atom. The molecule has 0 saturated carbocycles. The fourth-order valence-corrected chi connectivity index (χ4v) is 2.09. The van der Waals surface area contributed by atoms with Gasteiger partial charge in [0.2, 0.25) is 0 Å². The van der Waals surface area contributed by atoms with E-state index in [1.54, 1.807) is 13.8 Å². The largest absolute Gasteiger partial charge is 0.495 e. The van der Waals surface area contributed by atoms with Gasteiger partial charge in [-0.25, -0.2) is 10.0 Å². The Morgan fingerprint density at radius 3 is 2.38 bits per heavy atom. The zero-order valence-electron chi connectivity index (χ0n) is 13.3. The standard InChI is InChI=1S/C14H17F3N6O/c1-6(2)23-13(20)11(12(22-23)14(15,16)17)21-9-5-10(24-3)8(19)4-7(9)18/h4-6,20H,18-19H2,1-3H3. The second kappa shape index (κ2) is 6.02. The first-order valence-corrected chi connectivity index (χ1v) is 6.92. The molecule has 1 aromatic rings. The molecule has 0 aromatic heterocycles. The van der Waals surface area contributed by atoms with Crippen LogP contribution < -0.4 is 16.2 Å². The topological polar surface area (TPSA) is 113 Å². The zero-order chi connectivity index (χ0) is 18.2. The first-order valence-electron chi connectivity index (χ1n) is 6.92. The van der Waals surface area contributed by atoms with Gasteiger partial charge in [-0.05, 0) is 19.9 Å². The van der Waals surface area contributed by atoms with Crippen LogP contribution in [0.4, 0.5) is 30.2 Å². The molecular formula is C14H17F3N6O. The van der Waals surface area contributed by atoms with Crippen molar-refractivity contribution < 1.29 is 17.9 Å². The van der Waals surface area contributed by atoms with Crippen molar-refractivity contribution >= 4 is 34.3 Å². The number of nitrogens with zero attached hydrogens (tertiary/aromatic N) is 3. The number of ether oxygens (including phenoxy) is 1. The van der Waals surface area contributed by atoms with Crippen molar-refractivity contribution in [3.05, 3.63) is 12.1 Å². The second-order valence-electron chi connectivity index (χ2n) is 5.35. The van der Waals surface area contributed by atoms with Gasteiger partial charge < -0.3 is 16.2 Å². The molecule has 24 heavy (non-hydrogen) atoms. The monoisotopic (exact) mass is 342 g/mol. The number of amidine groups is 1. The Balaban J connectivity index is 2.59. The van der Waals surface area contributed by atoms with Crippen molar-refractivity contribution in [2.24, 2.45) is 10.1 Å². The zero-order valence-corrected chi connectivity index (χ0v) is 13.3. The molecule has 10 heteroatoms. The Bertz CT molecular complexity index is 739. The molecule has 7 nitrogen and oxygen atoms in total. The highest BCUT2D eigenvalue weighted by molar-refractivity contribution is 6.70. The lowest BCUT2D eigenvalue weighted by Crippen LogP contribution is -2.35. The molecule has 0 atom stereocenters. The van der Waals surface area contributed by atoms with Crippen LogP contribution in [0.3, 0.4) is 0 Å². The number of halogens is 3. The van der Waals surface area contributed by atoms with Crippen LogP contribution in [0.25, 0.3) is 0 Å². The molecule has 0 aliphatic carbocycles. The van der Waals surface area contributed by atoms with Crippen LogP contribution in [-0.4, -0.2) is 41.6 Å². The van der Waals surface area contributed by atoms with Gasteiger partial charge in [0.25, 0.3) is 0 Å². The fourth-order valence-electron chi connectivity index (χ4n) is 2.09. The predicted molar refractivity (Wildman–Crippen MR) is 87.1 cm³/mol. The first kappa shape index (κ1) is 17.6. The molecule has 2 rings (SSSR count). The lowest BCUT2D eigenvalue weighted by molar-refractivity contribution is -0.0571. The summed E-state index contributed by atoms with van der Waals surface area (Å²) in [5, 5.41) is 12.4. The van der Waals surface area contributed by atoms with Crippen molar-refractivity contribution in [3.8, 4) is 5.75 Å². The number of benzene rings is 1. The van der Waals surface area contributed by atoms with Crippen LogP contribution in [-0.2, 0) is 0 Å². The molecular weight excluding hydrogens is 325 g/mol. The molecule has 0 amide bonds. The third kappa shape index (κ3) is 3.12. The third-order valence-electron chi connectivity index (χ3n) is 3.25. The number of hydrogen-bond donors (Lipinski definition) is 3. The highest BCUT2D eigenvalue weighted by Crippen LogP contribution is 2.34. The summed E-state index contributed by atoms with van der Waals surface area (Å²) in [6, 6.07) is 2.22. The summed E-state index contributed by atoms with van der Waals surface area (Å²) in [5.74, 6) is -0.230. The van der Waals surface area contributed by atoms with Crippen LogP contribution in [0.2, 0.25) is 0 Å². The van der Waals surface area contributed by atoms with Crippen molar-refractivity contribution in [2.75, 3.05) is 18.6 Å². The average Bonchev–Trinajstić information content (AvgIpc) is 2.79. The third-order valence-corrected chi connectivity index (χ3v) is 3.25. The summed E-state index contributed by atoms with van der Waals surface area (Å²) in [6.45, 7) is 3.24. The second-order valence-corrected chi connectivity index (χ2v) is 5.35. The number of nitrogens with one attached hydrogen (secondary N) is 1. The van der Waals surface area contributed by atoms with Gasteiger partial charge in [0.05, 0.1) is 24.2 Å². The number of nitrogen functional groups attached to an aromatic ring is 2. The van der Waals surface area contributed by atoms with Crippen LogP contribution >= 0.6 is 0 Å². The molecule has 1 heterocycles. The molecule has 5 N–H and O–H groups in total. The van der Waals surface area contributed by atoms with Gasteiger partial charge in [0, 0.05) is 12.1 Å². The molecule has 0 bridgehead atoms. The Labute approximate surface area is 136 Å². The maximum atomic E-state index is 13.2. The highest BCUT2D eigenvalue weighted by Gasteiger charge is 2.46. The van der Waals surface area contributed by atoms with E-state index in [9.17, 15) is 13.2 Å². The van der Waals surface area contributed by atoms with Gasteiger partial charge >= 0.3 is 6.18 Å². The summed E-state index contributed by atoms with van der Waals surface area (Å²) in [5.41, 5.74) is 9.93. The summed E-state index contributed by atoms with van der Waals surface area (Å²) in [7, 11) is 1.36. The minimum atomic E-state index is -4.75. The van der Waals surface area contributed by atoms with E-state index < -0.39 is 29.5 Å². The summed E-state index contributed by atoms with van der Waals surface area (Å²) >= 11 is 0. The maximum Gasteiger partial charge on any atom is 0.437 e. The molecule has 1 aromatic carbocycles. The van der Waals surface area contributed by atoms with Crippen LogP contribution in [0.1, 0.15) is 13.8 Å². The van der Waals surface area contributed by atoms with E-state index in [4.69, 9.17) is 21.6 Å². The van der Waals surface area contributed by atoms with E-state index in [0.717, 1.165) is 5.01 Å². The summed E-state index contributed by atoms with van der Waals surface area (Å²) in [4.78, 5) is 3.91. The number of nitrogens with two attached hydrogens (primary N) is 2. The smallest absolute Gasteiger partial charge is 0.437 e. The van der Waals surface area contributed by atoms with Gasteiger partial charge in [-0.15, -0.1) is 0 Å². The predicted octanol–water partition coefficient (Wildman–Crippen LogP) is 2.55. The molecule has 0 unspecified atom stereocenters. The average molecular weight is 342 g/mol. The summed E-state index contributed by atoms with van der Waals surface area (Å²) < 4.78 is 44.7. The minimum absolute atomic E-state index is 0.0170.